The fraction of sp³-hybridized carbons (Fsp3) is 0.294. The lowest BCUT2D eigenvalue weighted by Gasteiger charge is -2.21. The second-order valence-electron chi connectivity index (χ2n) is 6.25. The molecule has 3 N–H and O–H groups in total. The Labute approximate surface area is 132 Å². The molecule has 0 aliphatic carbocycles. The van der Waals surface area contributed by atoms with Crippen LogP contribution >= 0.6 is 0 Å². The number of hydrogen-bond donors (Lipinski definition) is 2. The van der Waals surface area contributed by atoms with Crippen LogP contribution in [0, 0.1) is 0 Å². The van der Waals surface area contributed by atoms with Crippen molar-refractivity contribution in [3.63, 3.8) is 0 Å². The molecule has 0 aliphatic rings. The SMILES string of the molecule is CC(C)(C)NS(=O)(=O)c1ccccc1-c1ccc(CN)cc1. The van der Waals surface area contributed by atoms with Crippen LogP contribution < -0.4 is 10.5 Å². The van der Waals surface area contributed by atoms with Crippen LogP contribution in [-0.4, -0.2) is 14.0 Å². The van der Waals surface area contributed by atoms with E-state index in [2.05, 4.69) is 4.72 Å². The molecule has 0 spiro atoms. The lowest BCUT2D eigenvalue weighted by atomic mass is 10.0. The van der Waals surface area contributed by atoms with Crippen LogP contribution in [-0.2, 0) is 16.6 Å². The van der Waals surface area contributed by atoms with Crippen LogP contribution in [0.2, 0.25) is 0 Å². The molecule has 4 nitrogen and oxygen atoms in total. The van der Waals surface area contributed by atoms with Crippen LogP contribution in [0.15, 0.2) is 53.4 Å². The Kier molecular flexibility index (Phi) is 4.70. The highest BCUT2D eigenvalue weighted by Gasteiger charge is 2.24. The number of hydrogen-bond acceptors (Lipinski definition) is 3. The van der Waals surface area contributed by atoms with Crippen molar-refractivity contribution in [1.29, 1.82) is 0 Å². The Morgan fingerprint density at radius 2 is 1.59 bits per heavy atom. The molecule has 0 atom stereocenters. The first-order valence-corrected chi connectivity index (χ1v) is 8.64. The van der Waals surface area contributed by atoms with Gasteiger partial charge in [0.25, 0.3) is 0 Å². The van der Waals surface area contributed by atoms with Gasteiger partial charge in [0.05, 0.1) is 4.90 Å². The summed E-state index contributed by atoms with van der Waals surface area (Å²) in [4.78, 5) is 0.283. The first kappa shape index (κ1) is 16.7. The summed E-state index contributed by atoms with van der Waals surface area (Å²) >= 11 is 0. The maximum Gasteiger partial charge on any atom is 0.241 e. The van der Waals surface area contributed by atoms with Crippen molar-refractivity contribution in [2.45, 2.75) is 37.8 Å². The van der Waals surface area contributed by atoms with Crippen molar-refractivity contribution >= 4 is 10.0 Å². The van der Waals surface area contributed by atoms with Gasteiger partial charge in [-0.3, -0.25) is 0 Å². The summed E-state index contributed by atoms with van der Waals surface area (Å²) in [6.45, 7) is 5.93. The minimum absolute atomic E-state index is 0.283. The van der Waals surface area contributed by atoms with Gasteiger partial charge in [-0.15, -0.1) is 0 Å². The lowest BCUT2D eigenvalue weighted by Crippen LogP contribution is -2.40. The van der Waals surface area contributed by atoms with E-state index in [1.54, 1.807) is 12.1 Å². The van der Waals surface area contributed by atoms with Crippen LogP contribution in [0.3, 0.4) is 0 Å². The van der Waals surface area contributed by atoms with E-state index in [1.165, 1.54) is 0 Å². The summed E-state index contributed by atoms with van der Waals surface area (Å²) in [5.74, 6) is 0. The van der Waals surface area contributed by atoms with Gasteiger partial charge >= 0.3 is 0 Å². The molecule has 0 aromatic heterocycles. The third-order valence-corrected chi connectivity index (χ3v) is 4.93. The number of benzene rings is 2. The average molecular weight is 318 g/mol. The van der Waals surface area contributed by atoms with E-state index in [0.29, 0.717) is 12.1 Å². The summed E-state index contributed by atoms with van der Waals surface area (Å²) in [5, 5.41) is 0. The highest BCUT2D eigenvalue weighted by Crippen LogP contribution is 2.28. The number of sulfonamides is 1. The molecule has 2 aromatic rings. The standard InChI is InChI=1S/C17H22N2O2S/c1-17(2,3)19-22(20,21)16-7-5-4-6-15(16)14-10-8-13(12-18)9-11-14/h4-11,19H,12,18H2,1-3H3. The van der Waals surface area contributed by atoms with E-state index in [9.17, 15) is 8.42 Å². The van der Waals surface area contributed by atoms with Crippen molar-refractivity contribution < 1.29 is 8.42 Å². The monoisotopic (exact) mass is 318 g/mol. The molecule has 0 fully saturated rings. The van der Waals surface area contributed by atoms with Crippen molar-refractivity contribution in [3.05, 3.63) is 54.1 Å². The minimum Gasteiger partial charge on any atom is -0.326 e. The second-order valence-corrected chi connectivity index (χ2v) is 7.90. The molecule has 2 rings (SSSR count). The van der Waals surface area contributed by atoms with E-state index in [-0.39, 0.29) is 4.90 Å². The first-order valence-electron chi connectivity index (χ1n) is 7.15. The first-order chi connectivity index (χ1) is 10.2. The summed E-state index contributed by atoms with van der Waals surface area (Å²) in [5.41, 5.74) is 7.62. The van der Waals surface area contributed by atoms with Gasteiger partial charge in [-0.25, -0.2) is 13.1 Å². The van der Waals surface area contributed by atoms with Crippen LogP contribution in [0.25, 0.3) is 11.1 Å². The van der Waals surface area contributed by atoms with Crippen molar-refractivity contribution in [2.24, 2.45) is 5.73 Å². The molecular formula is C17H22N2O2S. The number of rotatable bonds is 4. The summed E-state index contributed by atoms with van der Waals surface area (Å²) < 4.78 is 28.0. The minimum atomic E-state index is -3.59. The predicted octanol–water partition coefficient (Wildman–Crippen LogP) is 2.89. The fourth-order valence-electron chi connectivity index (χ4n) is 2.22. The van der Waals surface area contributed by atoms with E-state index in [0.717, 1.165) is 11.1 Å². The Balaban J connectivity index is 2.51. The Morgan fingerprint density at radius 3 is 2.14 bits per heavy atom. The summed E-state index contributed by atoms with van der Waals surface area (Å²) in [6.07, 6.45) is 0. The number of nitrogens with one attached hydrogen (secondary N) is 1. The molecular weight excluding hydrogens is 296 g/mol. The topological polar surface area (TPSA) is 72.2 Å². The smallest absolute Gasteiger partial charge is 0.241 e. The fourth-order valence-corrected chi connectivity index (χ4v) is 3.87. The highest BCUT2D eigenvalue weighted by atomic mass is 32.2. The zero-order chi connectivity index (χ0) is 16.4. The molecule has 0 saturated carbocycles. The van der Waals surface area contributed by atoms with Gasteiger partial charge in [-0.1, -0.05) is 42.5 Å². The molecule has 0 unspecified atom stereocenters. The van der Waals surface area contributed by atoms with Gasteiger partial charge in [0.2, 0.25) is 10.0 Å². The molecule has 0 heterocycles. The average Bonchev–Trinajstić information content (AvgIpc) is 2.45. The normalized spacial score (nSPS) is 12.4. The molecule has 118 valence electrons. The predicted molar refractivity (Wildman–Crippen MR) is 89.8 cm³/mol. The van der Waals surface area contributed by atoms with Gasteiger partial charge in [0.1, 0.15) is 0 Å². The lowest BCUT2D eigenvalue weighted by molar-refractivity contribution is 0.491. The third kappa shape index (κ3) is 3.94. The van der Waals surface area contributed by atoms with E-state index < -0.39 is 15.6 Å². The molecule has 22 heavy (non-hydrogen) atoms. The molecule has 2 aromatic carbocycles. The maximum absolute atomic E-state index is 12.6. The Morgan fingerprint density at radius 1 is 1.00 bits per heavy atom. The summed E-state index contributed by atoms with van der Waals surface area (Å²) in [6, 6.07) is 14.6. The maximum atomic E-state index is 12.6. The van der Waals surface area contributed by atoms with Crippen molar-refractivity contribution in [3.8, 4) is 11.1 Å². The zero-order valence-electron chi connectivity index (χ0n) is 13.1. The Hall–Kier alpha value is -1.69. The van der Waals surface area contributed by atoms with E-state index in [4.69, 9.17) is 5.73 Å². The highest BCUT2D eigenvalue weighted by molar-refractivity contribution is 7.89. The van der Waals surface area contributed by atoms with Crippen molar-refractivity contribution in [2.75, 3.05) is 0 Å². The Bertz CT molecular complexity index is 745. The van der Waals surface area contributed by atoms with Crippen LogP contribution in [0.5, 0.6) is 0 Å². The second kappa shape index (κ2) is 6.20. The third-order valence-electron chi connectivity index (χ3n) is 3.12. The molecule has 0 bridgehead atoms. The molecule has 0 aliphatic heterocycles. The molecule has 5 heteroatoms. The molecule has 0 radical (unpaired) electrons. The van der Waals surface area contributed by atoms with Crippen LogP contribution in [0.4, 0.5) is 0 Å². The quantitative estimate of drug-likeness (QED) is 0.910. The molecule has 0 amide bonds. The summed E-state index contributed by atoms with van der Waals surface area (Å²) in [7, 11) is -3.59. The van der Waals surface area contributed by atoms with Gasteiger partial charge in [0, 0.05) is 17.6 Å². The van der Waals surface area contributed by atoms with E-state index in [1.807, 2.05) is 57.2 Å². The van der Waals surface area contributed by atoms with Gasteiger partial charge in [0.15, 0.2) is 0 Å². The van der Waals surface area contributed by atoms with E-state index >= 15 is 0 Å². The van der Waals surface area contributed by atoms with Gasteiger partial charge in [-0.05, 0) is 38.0 Å². The van der Waals surface area contributed by atoms with Gasteiger partial charge < -0.3 is 5.73 Å². The van der Waals surface area contributed by atoms with Crippen molar-refractivity contribution in [1.82, 2.24) is 4.72 Å². The number of nitrogens with two attached hydrogens (primary N) is 1. The van der Waals surface area contributed by atoms with Gasteiger partial charge in [-0.2, -0.15) is 0 Å². The van der Waals surface area contributed by atoms with Crippen LogP contribution in [0.1, 0.15) is 26.3 Å². The zero-order valence-corrected chi connectivity index (χ0v) is 13.9. The largest absolute Gasteiger partial charge is 0.326 e. The molecule has 0 saturated heterocycles.